The highest BCUT2D eigenvalue weighted by atomic mass is 16.5. The van der Waals surface area contributed by atoms with Gasteiger partial charge in [-0.15, -0.1) is 0 Å². The Morgan fingerprint density at radius 3 is 3.00 bits per heavy atom. The number of carbonyl (C=O) groups is 1. The van der Waals surface area contributed by atoms with Gasteiger partial charge >= 0.3 is 0 Å². The first-order valence-corrected chi connectivity index (χ1v) is 7.32. The molecule has 8 nitrogen and oxygen atoms in total. The maximum absolute atomic E-state index is 11.1. The molecule has 2 N–H and O–H groups in total. The van der Waals surface area contributed by atoms with Crippen LogP contribution in [0.1, 0.15) is 37.7 Å². The molecule has 1 aromatic heterocycles. The van der Waals surface area contributed by atoms with Crippen LogP contribution >= 0.6 is 0 Å². The number of aromatic nitrogens is 2. The molecule has 1 amide bonds. The van der Waals surface area contributed by atoms with Gasteiger partial charge in [0.25, 0.3) is 0 Å². The topological polar surface area (TPSA) is 92.5 Å². The molecule has 3 heterocycles. The molecule has 2 saturated heterocycles. The van der Waals surface area contributed by atoms with Crippen molar-refractivity contribution in [1.82, 2.24) is 25.7 Å². The fourth-order valence-corrected chi connectivity index (χ4v) is 2.56. The average molecular weight is 295 g/mol. The molecule has 116 valence electrons. The Hall–Kier alpha value is -1.51. The van der Waals surface area contributed by atoms with Gasteiger partial charge < -0.3 is 14.6 Å². The van der Waals surface area contributed by atoms with Crippen molar-refractivity contribution in [2.75, 3.05) is 32.8 Å². The van der Waals surface area contributed by atoms with Crippen molar-refractivity contribution in [3.05, 3.63) is 11.7 Å². The normalized spacial score (nSPS) is 27.9. The molecule has 1 aromatic rings. The smallest absolute Gasteiger partial charge is 0.245 e. The van der Waals surface area contributed by atoms with Crippen molar-refractivity contribution in [2.45, 2.75) is 32.0 Å². The fraction of sp³-hybridized carbons (Fsp3) is 0.769. The van der Waals surface area contributed by atoms with Crippen molar-refractivity contribution >= 4 is 5.91 Å². The Bertz CT molecular complexity index is 494. The van der Waals surface area contributed by atoms with Crippen molar-refractivity contribution in [3.8, 4) is 0 Å². The summed E-state index contributed by atoms with van der Waals surface area (Å²) in [6.07, 6.45) is -0.156. The molecule has 21 heavy (non-hydrogen) atoms. The number of morpholine rings is 1. The molecule has 0 radical (unpaired) electrons. The van der Waals surface area contributed by atoms with E-state index in [1.54, 1.807) is 0 Å². The third kappa shape index (κ3) is 3.22. The summed E-state index contributed by atoms with van der Waals surface area (Å²) in [4.78, 5) is 17.9. The van der Waals surface area contributed by atoms with Gasteiger partial charge in [-0.25, -0.2) is 0 Å². The van der Waals surface area contributed by atoms with Gasteiger partial charge in [-0.3, -0.25) is 15.0 Å². The molecule has 3 rings (SSSR count). The Kier molecular flexibility index (Phi) is 4.18. The quantitative estimate of drug-likeness (QED) is 0.784. The van der Waals surface area contributed by atoms with E-state index >= 15 is 0 Å². The van der Waals surface area contributed by atoms with Crippen LogP contribution in [0.25, 0.3) is 0 Å². The fourth-order valence-electron chi connectivity index (χ4n) is 2.56. The molecule has 2 fully saturated rings. The summed E-state index contributed by atoms with van der Waals surface area (Å²) in [7, 11) is 0. The molecular formula is C13H21N5O3. The van der Waals surface area contributed by atoms with Crippen LogP contribution in [0, 0.1) is 0 Å². The summed E-state index contributed by atoms with van der Waals surface area (Å²) in [6.45, 7) is 7.43. The first-order chi connectivity index (χ1) is 10.1. The van der Waals surface area contributed by atoms with Crippen molar-refractivity contribution < 1.29 is 14.1 Å². The number of rotatable bonds is 3. The number of nitrogens with zero attached hydrogens (tertiary/aromatic N) is 3. The third-order valence-electron chi connectivity index (χ3n) is 3.88. The minimum atomic E-state index is -0.156. The Morgan fingerprint density at radius 2 is 2.29 bits per heavy atom. The molecular weight excluding hydrogens is 274 g/mol. The molecule has 0 aliphatic carbocycles. The van der Waals surface area contributed by atoms with Crippen LogP contribution in [0.15, 0.2) is 4.52 Å². The Morgan fingerprint density at radius 1 is 1.43 bits per heavy atom. The van der Waals surface area contributed by atoms with Crippen LogP contribution in [0.2, 0.25) is 0 Å². The second-order valence-electron chi connectivity index (χ2n) is 5.68. The molecule has 2 atom stereocenters. The van der Waals surface area contributed by atoms with E-state index in [1.807, 2.05) is 0 Å². The van der Waals surface area contributed by atoms with E-state index < -0.39 is 0 Å². The zero-order chi connectivity index (χ0) is 14.8. The van der Waals surface area contributed by atoms with E-state index in [0.29, 0.717) is 30.9 Å². The largest absolute Gasteiger partial charge is 0.367 e. The minimum Gasteiger partial charge on any atom is -0.367 e. The predicted octanol–water partition coefficient (Wildman–Crippen LogP) is -0.388. The van der Waals surface area contributed by atoms with Gasteiger partial charge in [0.15, 0.2) is 0 Å². The number of nitrogens with one attached hydrogen (secondary N) is 2. The second kappa shape index (κ2) is 6.08. The molecule has 0 bridgehead atoms. The first kappa shape index (κ1) is 14.4. The summed E-state index contributed by atoms with van der Waals surface area (Å²) in [6, 6.07) is 0.340. The molecule has 0 saturated carbocycles. The van der Waals surface area contributed by atoms with Crippen molar-refractivity contribution in [2.24, 2.45) is 0 Å². The molecule has 2 unspecified atom stereocenters. The summed E-state index contributed by atoms with van der Waals surface area (Å²) in [5, 5.41) is 9.88. The van der Waals surface area contributed by atoms with E-state index in [9.17, 15) is 4.79 Å². The zero-order valence-electron chi connectivity index (χ0n) is 12.3. The van der Waals surface area contributed by atoms with Crippen LogP contribution in [-0.4, -0.2) is 59.8 Å². The van der Waals surface area contributed by atoms with E-state index in [2.05, 4.69) is 39.5 Å². The van der Waals surface area contributed by atoms with Gasteiger partial charge in [0.2, 0.25) is 17.6 Å². The van der Waals surface area contributed by atoms with E-state index in [4.69, 9.17) is 9.26 Å². The highest BCUT2D eigenvalue weighted by Gasteiger charge is 2.30. The minimum absolute atomic E-state index is 0.0193. The number of hydrogen-bond donors (Lipinski definition) is 2. The predicted molar refractivity (Wildman–Crippen MR) is 73.5 cm³/mol. The standard InChI is InChI=1S/C13H21N5O3/c1-8(2)18-3-4-20-10(7-18)12-16-13(21-17-12)9-5-15-11(19)6-14-9/h8-10,14H,3-7H2,1-2H3,(H,15,19). The van der Waals surface area contributed by atoms with Crippen molar-refractivity contribution in [3.63, 3.8) is 0 Å². The van der Waals surface area contributed by atoms with Crippen LogP contribution in [0.3, 0.4) is 0 Å². The maximum atomic E-state index is 11.1. The molecule has 2 aliphatic heterocycles. The molecule has 8 heteroatoms. The maximum Gasteiger partial charge on any atom is 0.245 e. The monoisotopic (exact) mass is 295 g/mol. The van der Waals surface area contributed by atoms with Gasteiger partial charge in [-0.2, -0.15) is 4.98 Å². The van der Waals surface area contributed by atoms with E-state index in [0.717, 1.165) is 13.1 Å². The molecule has 2 aliphatic rings. The van der Waals surface area contributed by atoms with E-state index in [1.165, 1.54) is 0 Å². The zero-order valence-corrected chi connectivity index (χ0v) is 12.3. The number of hydrogen-bond acceptors (Lipinski definition) is 7. The average Bonchev–Trinajstić information content (AvgIpc) is 2.98. The van der Waals surface area contributed by atoms with Crippen molar-refractivity contribution in [1.29, 1.82) is 0 Å². The number of piperazine rings is 1. The second-order valence-corrected chi connectivity index (χ2v) is 5.68. The summed E-state index contributed by atoms with van der Waals surface area (Å²) in [5.41, 5.74) is 0. The van der Waals surface area contributed by atoms with Crippen LogP contribution < -0.4 is 10.6 Å². The highest BCUT2D eigenvalue weighted by molar-refractivity contribution is 5.78. The lowest BCUT2D eigenvalue weighted by Gasteiger charge is -2.34. The first-order valence-electron chi connectivity index (χ1n) is 7.32. The lowest BCUT2D eigenvalue weighted by molar-refractivity contribution is -0.121. The van der Waals surface area contributed by atoms with Crippen LogP contribution in [0.4, 0.5) is 0 Å². The SMILES string of the molecule is CC(C)N1CCOC(c2noc(C3CNC(=O)CN3)n2)C1. The summed E-state index contributed by atoms with van der Waals surface area (Å²) in [5.74, 6) is 1.05. The van der Waals surface area contributed by atoms with Gasteiger partial charge in [0.1, 0.15) is 12.1 Å². The third-order valence-corrected chi connectivity index (χ3v) is 3.88. The van der Waals surface area contributed by atoms with Crippen LogP contribution in [-0.2, 0) is 9.53 Å². The number of carbonyl (C=O) groups excluding carboxylic acids is 1. The number of ether oxygens (including phenoxy) is 1. The highest BCUT2D eigenvalue weighted by Crippen LogP contribution is 2.22. The van der Waals surface area contributed by atoms with E-state index in [-0.39, 0.29) is 24.6 Å². The Balaban J connectivity index is 1.65. The van der Waals surface area contributed by atoms with Gasteiger partial charge in [-0.1, -0.05) is 5.16 Å². The van der Waals surface area contributed by atoms with Gasteiger partial charge in [0.05, 0.1) is 13.2 Å². The summed E-state index contributed by atoms with van der Waals surface area (Å²) < 4.78 is 11.1. The lowest BCUT2D eigenvalue weighted by Crippen LogP contribution is -2.47. The number of amides is 1. The summed E-state index contributed by atoms with van der Waals surface area (Å²) >= 11 is 0. The molecule has 0 spiro atoms. The molecule has 0 aromatic carbocycles. The van der Waals surface area contributed by atoms with Gasteiger partial charge in [0, 0.05) is 25.7 Å². The van der Waals surface area contributed by atoms with Gasteiger partial charge in [-0.05, 0) is 13.8 Å². The van der Waals surface area contributed by atoms with Crippen LogP contribution in [0.5, 0.6) is 0 Å². The lowest BCUT2D eigenvalue weighted by atomic mass is 10.2. The Labute approximate surface area is 123 Å².